The third-order valence-corrected chi connectivity index (χ3v) is 4.08. The van der Waals surface area contributed by atoms with Gasteiger partial charge >= 0.3 is 6.18 Å². The number of piperazine rings is 1. The fourth-order valence-electron chi connectivity index (χ4n) is 3.05. The SMILES string of the molecule is CC(C)CN1C(=O)[C@H]2CNCCN2c2ncc(C(F)(F)F)cc21.Cl. The second-order valence-electron chi connectivity index (χ2n) is 6.32. The Labute approximate surface area is 144 Å². The van der Waals surface area contributed by atoms with Crippen LogP contribution in [-0.2, 0) is 11.0 Å². The molecule has 24 heavy (non-hydrogen) atoms. The summed E-state index contributed by atoms with van der Waals surface area (Å²) in [7, 11) is 0. The average Bonchev–Trinajstić information content (AvgIpc) is 2.50. The van der Waals surface area contributed by atoms with Crippen molar-refractivity contribution in [3.05, 3.63) is 17.8 Å². The van der Waals surface area contributed by atoms with Gasteiger partial charge in [0.15, 0.2) is 5.82 Å². The molecular formula is C15H20ClF3N4O. The number of nitrogens with zero attached hydrogens (tertiary/aromatic N) is 3. The number of aromatic nitrogens is 1. The van der Waals surface area contributed by atoms with Crippen LogP contribution in [0.4, 0.5) is 24.7 Å². The highest BCUT2D eigenvalue weighted by Crippen LogP contribution is 2.39. The van der Waals surface area contributed by atoms with E-state index in [0.29, 0.717) is 32.0 Å². The Bertz CT molecular complexity index is 623. The predicted molar refractivity (Wildman–Crippen MR) is 87.7 cm³/mol. The summed E-state index contributed by atoms with van der Waals surface area (Å²) in [4.78, 5) is 20.1. The average molecular weight is 365 g/mol. The van der Waals surface area contributed by atoms with Gasteiger partial charge in [-0.15, -0.1) is 12.4 Å². The minimum absolute atomic E-state index is 0. The first-order chi connectivity index (χ1) is 10.8. The molecule has 0 bridgehead atoms. The van der Waals surface area contributed by atoms with E-state index in [1.165, 1.54) is 4.90 Å². The highest BCUT2D eigenvalue weighted by atomic mass is 35.5. The van der Waals surface area contributed by atoms with Crippen molar-refractivity contribution in [3.8, 4) is 0 Å². The summed E-state index contributed by atoms with van der Waals surface area (Å²) < 4.78 is 39.0. The summed E-state index contributed by atoms with van der Waals surface area (Å²) in [6.07, 6.45) is -3.63. The molecule has 0 unspecified atom stereocenters. The summed E-state index contributed by atoms with van der Waals surface area (Å²) in [6, 6.07) is 0.639. The zero-order chi connectivity index (χ0) is 16.8. The largest absolute Gasteiger partial charge is 0.417 e. The minimum Gasteiger partial charge on any atom is -0.340 e. The molecule has 134 valence electrons. The number of halogens is 4. The lowest BCUT2D eigenvalue weighted by atomic mass is 10.0. The lowest BCUT2D eigenvalue weighted by Gasteiger charge is -2.45. The molecule has 0 aliphatic carbocycles. The molecule has 1 fully saturated rings. The minimum atomic E-state index is -4.48. The Hall–Kier alpha value is -1.54. The molecule has 2 aliphatic heterocycles. The van der Waals surface area contributed by atoms with Gasteiger partial charge in [-0.1, -0.05) is 13.8 Å². The maximum absolute atomic E-state index is 13.0. The summed E-state index contributed by atoms with van der Waals surface area (Å²) >= 11 is 0. The molecular weight excluding hydrogens is 345 g/mol. The first-order valence-corrected chi connectivity index (χ1v) is 7.65. The Morgan fingerprint density at radius 2 is 2.12 bits per heavy atom. The second-order valence-corrected chi connectivity index (χ2v) is 6.32. The zero-order valence-electron chi connectivity index (χ0n) is 13.4. The lowest BCUT2D eigenvalue weighted by molar-refractivity contribution is -0.137. The van der Waals surface area contributed by atoms with Crippen molar-refractivity contribution < 1.29 is 18.0 Å². The predicted octanol–water partition coefficient (Wildman–Crippen LogP) is 2.30. The molecule has 1 atom stereocenters. The quantitative estimate of drug-likeness (QED) is 0.875. The fraction of sp³-hybridized carbons (Fsp3) is 0.600. The molecule has 1 N–H and O–H groups in total. The number of hydrogen-bond acceptors (Lipinski definition) is 4. The van der Waals surface area contributed by atoms with Gasteiger partial charge in [0, 0.05) is 32.4 Å². The number of carbonyl (C=O) groups excluding carboxylic acids is 1. The van der Waals surface area contributed by atoms with E-state index in [2.05, 4.69) is 10.3 Å². The number of hydrogen-bond donors (Lipinski definition) is 1. The van der Waals surface area contributed by atoms with Crippen LogP contribution in [0.3, 0.4) is 0 Å². The Kier molecular flexibility index (Phi) is 5.29. The number of amides is 1. The van der Waals surface area contributed by atoms with Crippen molar-refractivity contribution in [2.45, 2.75) is 26.1 Å². The molecule has 1 amide bonds. The molecule has 9 heteroatoms. The van der Waals surface area contributed by atoms with Crippen LogP contribution in [0.2, 0.25) is 0 Å². The monoisotopic (exact) mass is 364 g/mol. The summed E-state index contributed by atoms with van der Waals surface area (Å²) in [6.45, 7) is 5.95. The van der Waals surface area contributed by atoms with Crippen LogP contribution in [0, 0.1) is 5.92 Å². The first-order valence-electron chi connectivity index (χ1n) is 7.65. The maximum atomic E-state index is 13.0. The molecule has 5 nitrogen and oxygen atoms in total. The van der Waals surface area contributed by atoms with Crippen molar-refractivity contribution >= 4 is 29.8 Å². The van der Waals surface area contributed by atoms with Crippen LogP contribution >= 0.6 is 12.4 Å². The summed E-state index contributed by atoms with van der Waals surface area (Å²) in [5.41, 5.74) is -0.567. The van der Waals surface area contributed by atoms with Gasteiger partial charge in [0.1, 0.15) is 6.04 Å². The first kappa shape index (κ1) is 18.8. The van der Waals surface area contributed by atoms with E-state index in [1.807, 2.05) is 18.7 Å². The van der Waals surface area contributed by atoms with Gasteiger partial charge in [0.25, 0.3) is 5.91 Å². The Morgan fingerprint density at radius 3 is 2.75 bits per heavy atom. The van der Waals surface area contributed by atoms with E-state index in [1.54, 1.807) is 0 Å². The molecule has 0 saturated carbocycles. The van der Waals surface area contributed by atoms with E-state index in [4.69, 9.17) is 0 Å². The van der Waals surface area contributed by atoms with Gasteiger partial charge in [0.05, 0.1) is 11.3 Å². The number of anilines is 2. The maximum Gasteiger partial charge on any atom is 0.417 e. The van der Waals surface area contributed by atoms with Gasteiger partial charge in [-0.3, -0.25) is 4.79 Å². The van der Waals surface area contributed by atoms with Crippen LogP contribution in [0.15, 0.2) is 12.3 Å². The highest BCUT2D eigenvalue weighted by molar-refractivity contribution is 6.05. The van der Waals surface area contributed by atoms with Crippen LogP contribution in [0.25, 0.3) is 0 Å². The second kappa shape index (κ2) is 6.76. The molecule has 0 spiro atoms. The van der Waals surface area contributed by atoms with E-state index in [-0.39, 0.29) is 29.9 Å². The van der Waals surface area contributed by atoms with Gasteiger partial charge in [0.2, 0.25) is 0 Å². The standard InChI is InChI=1S/C15H19F3N4O.ClH/c1-9(2)8-22-11-5-10(15(16,17)18)6-20-13(11)21-4-3-19-7-12(21)14(22)23;/h5-6,9,12,19H,3-4,7-8H2,1-2H3;1H/t12-;/m1./s1. The van der Waals surface area contributed by atoms with Crippen LogP contribution < -0.4 is 15.1 Å². The number of nitrogens with one attached hydrogen (secondary N) is 1. The topological polar surface area (TPSA) is 48.5 Å². The zero-order valence-corrected chi connectivity index (χ0v) is 14.2. The van der Waals surface area contributed by atoms with Gasteiger partial charge in [-0.2, -0.15) is 13.2 Å². The summed E-state index contributed by atoms with van der Waals surface area (Å²) in [5.74, 6) is 0.439. The van der Waals surface area contributed by atoms with Gasteiger partial charge in [-0.25, -0.2) is 4.98 Å². The molecule has 3 heterocycles. The van der Waals surface area contributed by atoms with E-state index in [0.717, 1.165) is 12.3 Å². The summed E-state index contributed by atoms with van der Waals surface area (Å²) in [5, 5.41) is 3.16. The molecule has 3 rings (SSSR count). The number of rotatable bonds is 2. The van der Waals surface area contributed by atoms with Gasteiger partial charge < -0.3 is 15.1 Å². The molecule has 2 aliphatic rings. The molecule has 1 aromatic rings. The number of alkyl halides is 3. The smallest absolute Gasteiger partial charge is 0.340 e. The van der Waals surface area contributed by atoms with Crippen molar-refractivity contribution in [2.24, 2.45) is 5.92 Å². The normalized spacial score (nSPS) is 20.6. The van der Waals surface area contributed by atoms with Crippen molar-refractivity contribution in [3.63, 3.8) is 0 Å². The number of pyridine rings is 1. The van der Waals surface area contributed by atoms with Crippen LogP contribution in [-0.4, -0.2) is 43.1 Å². The van der Waals surface area contributed by atoms with Gasteiger partial charge in [-0.05, 0) is 12.0 Å². The van der Waals surface area contributed by atoms with Crippen molar-refractivity contribution in [1.82, 2.24) is 10.3 Å². The highest BCUT2D eigenvalue weighted by Gasteiger charge is 2.42. The van der Waals surface area contributed by atoms with Crippen LogP contribution in [0.1, 0.15) is 19.4 Å². The molecule has 1 saturated heterocycles. The lowest BCUT2D eigenvalue weighted by Crippen LogP contribution is -2.62. The fourth-order valence-corrected chi connectivity index (χ4v) is 3.05. The Balaban J connectivity index is 0.00000208. The van der Waals surface area contributed by atoms with Crippen molar-refractivity contribution in [2.75, 3.05) is 36.0 Å². The third kappa shape index (κ3) is 3.30. The molecule has 0 radical (unpaired) electrons. The van der Waals surface area contributed by atoms with E-state index >= 15 is 0 Å². The van der Waals surface area contributed by atoms with E-state index < -0.39 is 17.8 Å². The van der Waals surface area contributed by atoms with Crippen molar-refractivity contribution in [1.29, 1.82) is 0 Å². The third-order valence-electron chi connectivity index (χ3n) is 4.08. The number of fused-ring (bicyclic) bond motifs is 3. The van der Waals surface area contributed by atoms with E-state index in [9.17, 15) is 18.0 Å². The Morgan fingerprint density at radius 1 is 1.42 bits per heavy atom. The molecule has 0 aromatic carbocycles. The molecule has 1 aromatic heterocycles. The van der Waals surface area contributed by atoms with Crippen LogP contribution in [0.5, 0.6) is 0 Å². The number of carbonyl (C=O) groups is 1.